The van der Waals surface area contributed by atoms with Crippen LogP contribution in [0.1, 0.15) is 11.3 Å². The zero-order valence-electron chi connectivity index (χ0n) is 10.6. The van der Waals surface area contributed by atoms with Gasteiger partial charge in [-0.05, 0) is 29.8 Å². The first-order valence-electron chi connectivity index (χ1n) is 6.21. The first-order chi connectivity index (χ1) is 9.63. The van der Waals surface area contributed by atoms with Gasteiger partial charge in [0.2, 0.25) is 0 Å². The predicted octanol–water partition coefficient (Wildman–Crippen LogP) is 4.20. The molecule has 0 atom stereocenters. The minimum absolute atomic E-state index is 0.237. The van der Waals surface area contributed by atoms with Crippen molar-refractivity contribution in [3.8, 4) is 0 Å². The molecular weight excluding hydrogens is 275 g/mol. The van der Waals surface area contributed by atoms with Crippen molar-refractivity contribution in [1.82, 2.24) is 4.98 Å². The molecule has 0 aliphatic rings. The largest absolute Gasteiger partial charge is 0.397 e. The van der Waals surface area contributed by atoms with Crippen molar-refractivity contribution in [1.29, 1.82) is 0 Å². The molecule has 0 spiro atoms. The summed E-state index contributed by atoms with van der Waals surface area (Å²) in [4.78, 5) is 4.55. The van der Waals surface area contributed by atoms with Crippen molar-refractivity contribution in [2.75, 3.05) is 5.73 Å². The summed E-state index contributed by atoms with van der Waals surface area (Å²) in [6.45, 7) is 0. The van der Waals surface area contributed by atoms with Crippen molar-refractivity contribution in [2.45, 2.75) is 6.42 Å². The van der Waals surface area contributed by atoms with E-state index in [9.17, 15) is 4.39 Å². The molecule has 1 heterocycles. The van der Waals surface area contributed by atoms with Crippen molar-refractivity contribution in [3.05, 3.63) is 70.6 Å². The van der Waals surface area contributed by atoms with E-state index in [4.69, 9.17) is 17.3 Å². The molecular formula is C16H12ClFN2. The van der Waals surface area contributed by atoms with E-state index in [1.54, 1.807) is 0 Å². The number of hydrogen-bond donors (Lipinski definition) is 1. The Morgan fingerprint density at radius 3 is 2.75 bits per heavy atom. The first kappa shape index (κ1) is 12.9. The third kappa shape index (κ3) is 2.45. The fourth-order valence-electron chi connectivity index (χ4n) is 2.19. The van der Waals surface area contributed by atoms with Gasteiger partial charge in [0.1, 0.15) is 5.82 Å². The number of aromatic nitrogens is 1. The average Bonchev–Trinajstić information content (AvgIpc) is 2.44. The lowest BCUT2D eigenvalue weighted by Gasteiger charge is -2.08. The second-order valence-electron chi connectivity index (χ2n) is 4.63. The van der Waals surface area contributed by atoms with Crippen molar-refractivity contribution >= 4 is 28.2 Å². The molecule has 0 bridgehead atoms. The van der Waals surface area contributed by atoms with E-state index < -0.39 is 0 Å². The maximum absolute atomic E-state index is 13.4. The number of nitrogen functional groups attached to an aromatic ring is 1. The van der Waals surface area contributed by atoms with Crippen LogP contribution < -0.4 is 5.73 Å². The number of nitrogens with zero attached hydrogens (tertiary/aromatic N) is 1. The monoisotopic (exact) mass is 286 g/mol. The highest BCUT2D eigenvalue weighted by molar-refractivity contribution is 6.33. The van der Waals surface area contributed by atoms with E-state index in [2.05, 4.69) is 4.98 Å². The fraction of sp³-hybridized carbons (Fsp3) is 0.0625. The molecule has 2 aromatic carbocycles. The van der Waals surface area contributed by atoms with Gasteiger partial charge in [0.25, 0.3) is 0 Å². The minimum atomic E-state index is -0.389. The smallest absolute Gasteiger partial charge is 0.125 e. The molecule has 4 heteroatoms. The van der Waals surface area contributed by atoms with Gasteiger partial charge in [0.15, 0.2) is 0 Å². The number of rotatable bonds is 2. The van der Waals surface area contributed by atoms with Crippen LogP contribution in [0.15, 0.2) is 48.5 Å². The molecule has 3 aromatic rings. The molecule has 3 rings (SSSR count). The summed E-state index contributed by atoms with van der Waals surface area (Å²) < 4.78 is 13.4. The van der Waals surface area contributed by atoms with Crippen LogP contribution in [0, 0.1) is 5.82 Å². The lowest BCUT2D eigenvalue weighted by Crippen LogP contribution is -1.99. The number of halogens is 2. The first-order valence-corrected chi connectivity index (χ1v) is 6.59. The Morgan fingerprint density at radius 1 is 1.10 bits per heavy atom. The lowest BCUT2D eigenvalue weighted by atomic mass is 10.1. The molecule has 0 unspecified atom stereocenters. The average molecular weight is 287 g/mol. The Hall–Kier alpha value is -2.13. The second-order valence-corrected chi connectivity index (χ2v) is 5.04. The summed E-state index contributed by atoms with van der Waals surface area (Å²) in [6.07, 6.45) is 0.453. The maximum atomic E-state index is 13.4. The van der Waals surface area contributed by atoms with Crippen LogP contribution in [0.4, 0.5) is 10.1 Å². The number of para-hydroxylation sites is 1. The zero-order valence-corrected chi connectivity index (χ0v) is 11.4. The molecule has 0 amide bonds. The Morgan fingerprint density at radius 2 is 1.90 bits per heavy atom. The summed E-state index contributed by atoms with van der Waals surface area (Å²) >= 11 is 5.89. The van der Waals surface area contributed by atoms with Crippen LogP contribution in [-0.2, 0) is 6.42 Å². The van der Waals surface area contributed by atoms with E-state index in [1.165, 1.54) is 12.1 Å². The summed E-state index contributed by atoms with van der Waals surface area (Å²) in [5, 5.41) is 1.31. The highest BCUT2D eigenvalue weighted by atomic mass is 35.5. The quantitative estimate of drug-likeness (QED) is 0.717. The Balaban J connectivity index is 2.01. The van der Waals surface area contributed by atoms with E-state index in [-0.39, 0.29) is 10.8 Å². The number of hydrogen-bond acceptors (Lipinski definition) is 2. The molecule has 0 aliphatic carbocycles. The van der Waals surface area contributed by atoms with Crippen LogP contribution in [0.2, 0.25) is 5.02 Å². The van der Waals surface area contributed by atoms with Gasteiger partial charge in [-0.25, -0.2) is 4.39 Å². The van der Waals surface area contributed by atoms with Gasteiger partial charge in [-0.15, -0.1) is 0 Å². The van der Waals surface area contributed by atoms with Gasteiger partial charge in [-0.2, -0.15) is 0 Å². The van der Waals surface area contributed by atoms with Gasteiger partial charge >= 0.3 is 0 Å². The van der Waals surface area contributed by atoms with Crippen LogP contribution >= 0.6 is 11.6 Å². The van der Waals surface area contributed by atoms with Crippen LogP contribution in [0.3, 0.4) is 0 Å². The van der Waals surface area contributed by atoms with Crippen molar-refractivity contribution in [3.63, 3.8) is 0 Å². The molecule has 2 N–H and O–H groups in total. The lowest BCUT2D eigenvalue weighted by molar-refractivity contribution is 0.626. The van der Waals surface area contributed by atoms with E-state index in [1.807, 2.05) is 36.4 Å². The van der Waals surface area contributed by atoms with E-state index in [0.29, 0.717) is 17.7 Å². The minimum Gasteiger partial charge on any atom is -0.397 e. The summed E-state index contributed by atoms with van der Waals surface area (Å²) in [6, 6.07) is 14.4. The van der Waals surface area contributed by atoms with Crippen LogP contribution in [0.5, 0.6) is 0 Å². The van der Waals surface area contributed by atoms with Crippen LogP contribution in [-0.4, -0.2) is 4.98 Å². The predicted molar refractivity (Wildman–Crippen MR) is 80.4 cm³/mol. The Labute approximate surface area is 121 Å². The third-order valence-electron chi connectivity index (χ3n) is 3.21. The molecule has 100 valence electrons. The molecule has 0 aliphatic heterocycles. The van der Waals surface area contributed by atoms with Gasteiger partial charge in [-0.3, -0.25) is 4.98 Å². The number of nitrogens with two attached hydrogens (primary N) is 1. The van der Waals surface area contributed by atoms with E-state index in [0.717, 1.165) is 16.6 Å². The normalized spacial score (nSPS) is 10.9. The standard InChI is InChI=1S/C16H12ClFN2/c17-14-9-12(18)7-11(16(14)19)8-13-6-5-10-3-1-2-4-15(10)20-13/h1-7,9H,8,19H2. The molecule has 20 heavy (non-hydrogen) atoms. The molecule has 2 nitrogen and oxygen atoms in total. The summed E-state index contributed by atoms with van der Waals surface area (Å²) in [5.74, 6) is -0.389. The number of pyridine rings is 1. The Bertz CT molecular complexity index is 787. The number of benzene rings is 2. The molecule has 0 saturated heterocycles. The summed E-state index contributed by atoms with van der Waals surface area (Å²) in [5.41, 5.74) is 8.68. The molecule has 0 saturated carbocycles. The highest BCUT2D eigenvalue weighted by Gasteiger charge is 2.08. The molecule has 0 fully saturated rings. The maximum Gasteiger partial charge on any atom is 0.125 e. The van der Waals surface area contributed by atoms with Gasteiger partial charge in [0, 0.05) is 17.5 Å². The topological polar surface area (TPSA) is 38.9 Å². The number of anilines is 1. The number of fused-ring (bicyclic) bond motifs is 1. The SMILES string of the molecule is Nc1c(Cl)cc(F)cc1Cc1ccc2ccccc2n1. The van der Waals surface area contributed by atoms with Crippen LogP contribution in [0.25, 0.3) is 10.9 Å². The Kier molecular flexibility index (Phi) is 3.28. The molecule has 1 aromatic heterocycles. The van der Waals surface area contributed by atoms with Crippen molar-refractivity contribution in [2.24, 2.45) is 0 Å². The second kappa shape index (κ2) is 5.10. The van der Waals surface area contributed by atoms with E-state index >= 15 is 0 Å². The molecule has 0 radical (unpaired) electrons. The van der Waals surface area contributed by atoms with Gasteiger partial charge in [-0.1, -0.05) is 35.9 Å². The summed E-state index contributed by atoms with van der Waals surface area (Å²) in [7, 11) is 0. The van der Waals surface area contributed by atoms with Gasteiger partial charge in [0.05, 0.1) is 16.2 Å². The van der Waals surface area contributed by atoms with Crippen molar-refractivity contribution < 1.29 is 4.39 Å². The third-order valence-corrected chi connectivity index (χ3v) is 3.52. The highest BCUT2D eigenvalue weighted by Crippen LogP contribution is 2.26. The zero-order chi connectivity index (χ0) is 14.1. The van der Waals surface area contributed by atoms with Gasteiger partial charge < -0.3 is 5.73 Å². The fourth-order valence-corrected chi connectivity index (χ4v) is 2.41.